The molecular formula is C35H31BrFN3O2. The van der Waals surface area contributed by atoms with Crippen molar-refractivity contribution >= 4 is 27.5 Å². The Morgan fingerprint density at radius 2 is 1.48 bits per heavy atom. The third kappa shape index (κ3) is 4.76. The number of aliphatic hydroxyl groups excluding tert-OH is 1. The number of imidazole rings is 1. The van der Waals surface area contributed by atoms with Crippen LogP contribution in [-0.2, 0) is 16.8 Å². The molecule has 7 heteroatoms. The van der Waals surface area contributed by atoms with Gasteiger partial charge in [0.2, 0.25) is 5.91 Å². The Hall–Kier alpha value is -4.07. The van der Waals surface area contributed by atoms with Crippen molar-refractivity contribution in [2.24, 2.45) is 0 Å². The molecule has 0 radical (unpaired) electrons. The summed E-state index contributed by atoms with van der Waals surface area (Å²) in [6.45, 7) is 2.43. The van der Waals surface area contributed by atoms with Crippen molar-refractivity contribution in [1.29, 1.82) is 0 Å². The first-order valence-corrected chi connectivity index (χ1v) is 15.0. The van der Waals surface area contributed by atoms with E-state index < -0.39 is 17.5 Å². The number of carbonyl (C=O) groups is 1. The second-order valence-corrected chi connectivity index (χ2v) is 11.3. The highest BCUT2D eigenvalue weighted by atomic mass is 79.9. The molecule has 0 bridgehead atoms. The fraction of sp³-hybridized carbons (Fsp3) is 0.200. The van der Waals surface area contributed by atoms with Gasteiger partial charge < -0.3 is 14.6 Å². The van der Waals surface area contributed by atoms with Gasteiger partial charge in [0.1, 0.15) is 22.1 Å². The Balaban J connectivity index is 1.63. The van der Waals surface area contributed by atoms with Crippen molar-refractivity contribution in [2.45, 2.75) is 37.8 Å². The van der Waals surface area contributed by atoms with Crippen molar-refractivity contribution < 1.29 is 14.3 Å². The van der Waals surface area contributed by atoms with Crippen LogP contribution in [0.3, 0.4) is 0 Å². The molecule has 0 spiro atoms. The predicted molar refractivity (Wildman–Crippen MR) is 166 cm³/mol. The number of hydrogen-bond donors (Lipinski definition) is 1. The number of aryl methyl sites for hydroxylation is 1. The van der Waals surface area contributed by atoms with E-state index in [1.165, 1.54) is 4.90 Å². The molecule has 0 aliphatic carbocycles. The van der Waals surface area contributed by atoms with Crippen LogP contribution in [0.5, 0.6) is 0 Å². The van der Waals surface area contributed by atoms with Crippen LogP contribution in [0.2, 0.25) is 0 Å². The molecule has 5 aromatic rings. The molecule has 1 fully saturated rings. The van der Waals surface area contributed by atoms with E-state index in [1.807, 2.05) is 72.3 Å². The Bertz CT molecular complexity index is 1610. The fourth-order valence-electron chi connectivity index (χ4n) is 6.11. The molecule has 1 saturated heterocycles. The molecule has 1 N–H and O–H groups in total. The summed E-state index contributed by atoms with van der Waals surface area (Å²) in [6.07, 6.45) is 2.11. The minimum absolute atomic E-state index is 0.0893. The maximum absolute atomic E-state index is 16.4. The molecular weight excluding hydrogens is 593 g/mol. The molecule has 6 rings (SSSR count). The third-order valence-corrected chi connectivity index (χ3v) is 8.47. The van der Waals surface area contributed by atoms with Crippen LogP contribution in [0.25, 0.3) is 0 Å². The van der Waals surface area contributed by atoms with Crippen molar-refractivity contribution in [3.8, 4) is 0 Å². The maximum atomic E-state index is 16.4. The topological polar surface area (TPSA) is 58.4 Å². The summed E-state index contributed by atoms with van der Waals surface area (Å²) in [5.41, 5.74) is 3.03. The molecule has 1 amide bonds. The first-order chi connectivity index (χ1) is 20.4. The van der Waals surface area contributed by atoms with E-state index in [0.29, 0.717) is 30.4 Å². The smallest absolute Gasteiger partial charge is 0.227 e. The summed E-state index contributed by atoms with van der Waals surface area (Å²) < 4.78 is 18.8. The van der Waals surface area contributed by atoms with Crippen LogP contribution in [0.15, 0.2) is 114 Å². The number of halogens is 2. The van der Waals surface area contributed by atoms with E-state index >= 15 is 4.39 Å². The van der Waals surface area contributed by atoms with Crippen molar-refractivity contribution in [3.63, 3.8) is 0 Å². The highest BCUT2D eigenvalue weighted by Crippen LogP contribution is 2.44. The summed E-state index contributed by atoms with van der Waals surface area (Å²) >= 11 is 3.57. The Morgan fingerprint density at radius 1 is 0.929 bits per heavy atom. The number of anilines is 1. The van der Waals surface area contributed by atoms with Crippen molar-refractivity contribution in [2.75, 3.05) is 11.4 Å². The van der Waals surface area contributed by atoms with Gasteiger partial charge in [-0.15, -0.1) is 0 Å². The monoisotopic (exact) mass is 623 g/mol. The number of nitrogens with zero attached hydrogens (tertiary/aromatic N) is 3. The van der Waals surface area contributed by atoms with Gasteiger partial charge in [-0.3, -0.25) is 4.79 Å². The lowest BCUT2D eigenvalue weighted by Crippen LogP contribution is -2.39. The summed E-state index contributed by atoms with van der Waals surface area (Å²) in [6, 6.07) is 33.6. The van der Waals surface area contributed by atoms with Gasteiger partial charge >= 0.3 is 0 Å². The highest BCUT2D eigenvalue weighted by Gasteiger charge is 2.42. The zero-order valence-electron chi connectivity index (χ0n) is 23.3. The minimum Gasteiger partial charge on any atom is -0.380 e. The molecule has 1 aliphatic heterocycles. The van der Waals surface area contributed by atoms with Crippen molar-refractivity contribution in [3.05, 3.63) is 153 Å². The Morgan fingerprint density at radius 3 is 1.95 bits per heavy atom. The standard InChI is InChI=1S/C35H31BrFN3O2/c1-2-24-21-28(32(37)29(22-24)39-20-12-19-31(39)41)33(42)34-38-30(36)23-40(34)35(25-13-6-3-7-14-25,26-15-8-4-9-16-26)27-17-10-5-11-18-27/h3-11,13-18,21-23,33,42H,2,12,19-20H2,1H3. The molecule has 4 aromatic carbocycles. The zero-order chi connectivity index (χ0) is 29.3. The van der Waals surface area contributed by atoms with Crippen LogP contribution in [0, 0.1) is 5.82 Å². The summed E-state index contributed by atoms with van der Waals surface area (Å²) in [7, 11) is 0. The average molecular weight is 625 g/mol. The predicted octanol–water partition coefficient (Wildman–Crippen LogP) is 7.40. The van der Waals surface area contributed by atoms with Gasteiger partial charge in [-0.05, 0) is 63.2 Å². The van der Waals surface area contributed by atoms with Gasteiger partial charge in [-0.1, -0.05) is 97.9 Å². The van der Waals surface area contributed by atoms with Gasteiger partial charge in [-0.25, -0.2) is 9.37 Å². The van der Waals surface area contributed by atoms with E-state index in [-0.39, 0.29) is 23.0 Å². The quantitative estimate of drug-likeness (QED) is 0.183. The summed E-state index contributed by atoms with van der Waals surface area (Å²) in [5, 5.41) is 12.1. The Kier molecular flexibility index (Phi) is 7.80. The molecule has 1 atom stereocenters. The van der Waals surface area contributed by atoms with Gasteiger partial charge in [0.25, 0.3) is 0 Å². The lowest BCUT2D eigenvalue weighted by atomic mass is 9.76. The Labute approximate surface area is 253 Å². The fourth-order valence-corrected chi connectivity index (χ4v) is 6.50. The van der Waals surface area contributed by atoms with E-state index in [1.54, 1.807) is 12.1 Å². The number of amides is 1. The third-order valence-electron chi connectivity index (χ3n) is 8.09. The van der Waals surface area contributed by atoms with Gasteiger partial charge in [0.05, 0.1) is 5.69 Å². The van der Waals surface area contributed by atoms with E-state index in [9.17, 15) is 9.90 Å². The number of aromatic nitrogens is 2. The number of aliphatic hydroxyl groups is 1. The van der Waals surface area contributed by atoms with E-state index in [0.717, 1.165) is 22.3 Å². The second kappa shape index (κ2) is 11.7. The SMILES string of the molecule is CCc1cc(C(O)c2nc(Br)cn2C(c2ccccc2)(c2ccccc2)c2ccccc2)c(F)c(N2CCCC2=O)c1. The lowest BCUT2D eigenvalue weighted by Gasteiger charge is -2.39. The van der Waals surface area contributed by atoms with Crippen LogP contribution in [0.4, 0.5) is 10.1 Å². The molecule has 2 heterocycles. The largest absolute Gasteiger partial charge is 0.380 e. The van der Waals surface area contributed by atoms with Gasteiger partial charge in [-0.2, -0.15) is 0 Å². The number of carbonyl (C=O) groups excluding carboxylic acids is 1. The first kappa shape index (κ1) is 28.1. The van der Waals surface area contributed by atoms with E-state index in [2.05, 4.69) is 52.3 Å². The van der Waals surface area contributed by atoms with Crippen molar-refractivity contribution in [1.82, 2.24) is 9.55 Å². The molecule has 42 heavy (non-hydrogen) atoms. The van der Waals surface area contributed by atoms with Crippen LogP contribution < -0.4 is 4.90 Å². The molecule has 1 aromatic heterocycles. The van der Waals surface area contributed by atoms with E-state index in [4.69, 9.17) is 4.98 Å². The molecule has 5 nitrogen and oxygen atoms in total. The first-order valence-electron chi connectivity index (χ1n) is 14.2. The molecule has 1 aliphatic rings. The van der Waals surface area contributed by atoms with Crippen LogP contribution >= 0.6 is 15.9 Å². The second-order valence-electron chi connectivity index (χ2n) is 10.5. The maximum Gasteiger partial charge on any atom is 0.227 e. The average Bonchev–Trinajstić information content (AvgIpc) is 3.64. The lowest BCUT2D eigenvalue weighted by molar-refractivity contribution is -0.117. The number of benzene rings is 4. The number of hydrogen-bond acceptors (Lipinski definition) is 3. The normalized spacial score (nSPS) is 14.4. The minimum atomic E-state index is -1.42. The number of rotatable bonds is 8. The van der Waals surface area contributed by atoms with Crippen LogP contribution in [0.1, 0.15) is 59.5 Å². The van der Waals surface area contributed by atoms with Gasteiger partial charge in [0, 0.05) is 24.7 Å². The molecule has 212 valence electrons. The zero-order valence-corrected chi connectivity index (χ0v) is 24.8. The summed E-state index contributed by atoms with van der Waals surface area (Å²) in [5.74, 6) is -0.447. The highest BCUT2D eigenvalue weighted by molar-refractivity contribution is 9.10. The summed E-state index contributed by atoms with van der Waals surface area (Å²) in [4.78, 5) is 18.9. The van der Waals surface area contributed by atoms with Crippen LogP contribution in [-0.4, -0.2) is 27.1 Å². The van der Waals surface area contributed by atoms with Gasteiger partial charge in [0.15, 0.2) is 5.82 Å². The molecule has 1 unspecified atom stereocenters. The molecule has 0 saturated carbocycles.